The van der Waals surface area contributed by atoms with Crippen LogP contribution in [0.4, 0.5) is 0 Å². The average Bonchev–Trinajstić information content (AvgIpc) is 3.64. The van der Waals surface area contributed by atoms with Gasteiger partial charge in [-0.2, -0.15) is 0 Å². The molecule has 0 radical (unpaired) electrons. The Morgan fingerprint density at radius 3 is 2.38 bits per heavy atom. The lowest BCUT2D eigenvalue weighted by molar-refractivity contribution is -0.145. The fourth-order valence-corrected chi connectivity index (χ4v) is 7.65. The Morgan fingerprint density at radius 2 is 1.77 bits per heavy atom. The summed E-state index contributed by atoms with van der Waals surface area (Å²) in [6, 6.07) is 7.95. The summed E-state index contributed by atoms with van der Waals surface area (Å²) in [5.41, 5.74) is 1.19. The maximum Gasteiger partial charge on any atom is 0.308 e. The number of carbonyl (C=O) groups excluding carboxylic acids is 4. The maximum absolute atomic E-state index is 14.4. The molecule has 12 nitrogen and oxygen atoms in total. The lowest BCUT2D eigenvalue weighted by Gasteiger charge is -2.39. The van der Waals surface area contributed by atoms with Gasteiger partial charge in [-0.25, -0.2) is 4.98 Å². The van der Waals surface area contributed by atoms with Crippen molar-refractivity contribution in [2.24, 2.45) is 17.8 Å². The minimum Gasteiger partial charge on any atom is -0.469 e. The normalized spacial score (nSPS) is 18.5. The number of carbonyl (C=O) groups is 4. The first-order valence-corrected chi connectivity index (χ1v) is 19.5. The molecule has 1 fully saturated rings. The number of hydrogen-bond donors (Lipinski definition) is 3. The molecule has 1 aromatic heterocycles. The summed E-state index contributed by atoms with van der Waals surface area (Å²) < 4.78 is 10.3. The van der Waals surface area contributed by atoms with Crippen molar-refractivity contribution in [3.63, 3.8) is 0 Å². The van der Waals surface area contributed by atoms with Crippen LogP contribution in [0.15, 0.2) is 35.7 Å². The van der Waals surface area contributed by atoms with Gasteiger partial charge in [-0.15, -0.1) is 11.3 Å². The highest BCUT2D eigenvalue weighted by atomic mass is 32.1. The molecule has 0 spiro atoms. The molecule has 2 heterocycles. The van der Waals surface area contributed by atoms with Crippen LogP contribution in [-0.4, -0.2) is 109 Å². The highest BCUT2D eigenvalue weighted by molar-refractivity contribution is 7.09. The van der Waals surface area contributed by atoms with E-state index in [-0.39, 0.29) is 67.0 Å². The quantitative estimate of drug-likeness (QED) is 0.165. The highest BCUT2D eigenvalue weighted by Gasteiger charge is 2.38. The van der Waals surface area contributed by atoms with Crippen LogP contribution < -0.4 is 10.6 Å². The van der Waals surface area contributed by atoms with Crippen LogP contribution in [0.5, 0.6) is 0 Å². The fraction of sp³-hybridized carbons (Fsp3) is 0.667. The molecule has 52 heavy (non-hydrogen) atoms. The van der Waals surface area contributed by atoms with Crippen molar-refractivity contribution in [2.75, 3.05) is 41.0 Å². The number of esters is 1. The van der Waals surface area contributed by atoms with Crippen LogP contribution in [0.25, 0.3) is 0 Å². The largest absolute Gasteiger partial charge is 0.469 e. The summed E-state index contributed by atoms with van der Waals surface area (Å²) in [5.74, 6) is -1.67. The second-order valence-electron chi connectivity index (χ2n) is 14.5. The molecule has 1 aliphatic heterocycles. The number of benzene rings is 1. The Morgan fingerprint density at radius 1 is 1.06 bits per heavy atom. The zero-order valence-electron chi connectivity index (χ0n) is 32.3. The Bertz CT molecular complexity index is 1420. The van der Waals surface area contributed by atoms with E-state index in [4.69, 9.17) is 9.47 Å². The number of piperidine rings is 1. The maximum atomic E-state index is 14.4. The van der Waals surface area contributed by atoms with Crippen LogP contribution in [-0.2, 0) is 30.3 Å². The van der Waals surface area contributed by atoms with Gasteiger partial charge in [0, 0.05) is 37.5 Å². The third-order valence-corrected chi connectivity index (χ3v) is 11.2. The molecule has 0 saturated carbocycles. The fourth-order valence-electron chi connectivity index (χ4n) is 6.86. The predicted molar refractivity (Wildman–Crippen MR) is 203 cm³/mol. The molecular weight excluding hydrogens is 683 g/mol. The number of likely N-dealkylation sites (N-methyl/N-ethyl adjacent to an activating group) is 1. The van der Waals surface area contributed by atoms with E-state index >= 15 is 0 Å². The molecule has 0 aliphatic carbocycles. The van der Waals surface area contributed by atoms with Gasteiger partial charge in [-0.05, 0) is 56.7 Å². The second-order valence-corrected chi connectivity index (χ2v) is 15.4. The third-order valence-electron chi connectivity index (χ3n) is 10.2. The lowest BCUT2D eigenvalue weighted by atomic mass is 9.92. The number of thiazole rings is 1. The van der Waals surface area contributed by atoms with Crippen LogP contribution in [0, 0.1) is 17.8 Å². The molecule has 1 aromatic carbocycles. The van der Waals surface area contributed by atoms with Gasteiger partial charge in [0.05, 0.1) is 25.7 Å². The number of likely N-dealkylation sites (tertiary alicyclic amines) is 1. The molecule has 7 atom stereocenters. The number of aromatic nitrogens is 1. The number of rotatable bonds is 20. The third kappa shape index (κ3) is 12.3. The van der Waals surface area contributed by atoms with E-state index in [1.54, 1.807) is 24.3 Å². The molecule has 1 saturated heterocycles. The zero-order chi connectivity index (χ0) is 38.4. The predicted octanol–water partition coefficient (Wildman–Crippen LogP) is 4.62. The van der Waals surface area contributed by atoms with Gasteiger partial charge >= 0.3 is 5.97 Å². The first-order valence-electron chi connectivity index (χ1n) is 18.7. The van der Waals surface area contributed by atoms with Gasteiger partial charge in [-0.3, -0.25) is 24.1 Å². The summed E-state index contributed by atoms with van der Waals surface area (Å²) in [4.78, 5) is 62.0. The Labute approximate surface area is 314 Å². The molecular formula is C39H61N5O7S. The average molecular weight is 744 g/mol. The molecule has 1 aliphatic rings. The molecule has 3 N–H and O–H groups in total. The molecule has 3 amide bonds. The summed E-state index contributed by atoms with van der Waals surface area (Å²) in [5, 5.41) is 19.7. The Hall–Kier alpha value is -3.39. The Balaban J connectivity index is 1.79. The van der Waals surface area contributed by atoms with Crippen molar-refractivity contribution in [3.05, 3.63) is 52.0 Å². The molecule has 2 aromatic rings. The number of nitrogens with one attached hydrogen (secondary N) is 2. The minimum atomic E-state index is -1.05. The number of amides is 3. The van der Waals surface area contributed by atoms with E-state index in [0.29, 0.717) is 24.3 Å². The number of nitrogens with zero attached hydrogens (tertiary/aromatic N) is 3. The van der Waals surface area contributed by atoms with E-state index in [1.165, 1.54) is 18.4 Å². The lowest BCUT2D eigenvalue weighted by Crippen LogP contribution is -2.59. The van der Waals surface area contributed by atoms with Crippen molar-refractivity contribution >= 4 is 35.0 Å². The second kappa shape index (κ2) is 21.3. The van der Waals surface area contributed by atoms with E-state index in [0.717, 1.165) is 31.4 Å². The van der Waals surface area contributed by atoms with Gasteiger partial charge < -0.3 is 30.1 Å². The Kier molecular flexibility index (Phi) is 17.7. The van der Waals surface area contributed by atoms with E-state index in [2.05, 4.69) is 20.5 Å². The number of aliphatic hydroxyl groups is 1. The van der Waals surface area contributed by atoms with Crippen molar-refractivity contribution in [2.45, 2.75) is 110 Å². The van der Waals surface area contributed by atoms with Gasteiger partial charge in [0.2, 0.25) is 11.8 Å². The first kappa shape index (κ1) is 43.0. The monoisotopic (exact) mass is 743 g/mol. The summed E-state index contributed by atoms with van der Waals surface area (Å²) >= 11 is 1.18. The topological polar surface area (TPSA) is 150 Å². The first-order chi connectivity index (χ1) is 24.8. The van der Waals surface area contributed by atoms with Gasteiger partial charge in [0.1, 0.15) is 22.8 Å². The highest BCUT2D eigenvalue weighted by Crippen LogP contribution is 2.29. The van der Waals surface area contributed by atoms with Crippen LogP contribution in [0.3, 0.4) is 0 Å². The van der Waals surface area contributed by atoms with E-state index in [9.17, 15) is 24.3 Å². The van der Waals surface area contributed by atoms with Crippen molar-refractivity contribution < 1.29 is 33.8 Å². The van der Waals surface area contributed by atoms with E-state index in [1.807, 2.05) is 65.1 Å². The SMILES string of the molecule is CC[C@H](C)[C@H](NC(=O)C1CCCCN1C)C(=O)N(CCOC)[C@H](C[C@@H](O)c1nc(C(=O)NC(Cc2ccccc2)C[C@H](C)C(=O)OC)cs1)C(C)C. The van der Waals surface area contributed by atoms with Crippen LogP contribution >= 0.6 is 11.3 Å². The standard InChI is InChI=1S/C39H61N5O7S/c1-9-26(4)34(42-36(47)31-17-13-14-18-43(31)6)38(48)44(19-20-50-7)32(25(2)3)23-33(45)37-41-30(24-52-37)35(46)40-29(21-27(5)39(49)51-8)22-28-15-11-10-12-16-28/h10-12,15-16,24-27,29,31-34,45H,9,13-14,17-23H2,1-8H3,(H,40,46)(H,42,47)/t26-,27-,29?,31?,32+,33+,34-/m0/s1. The van der Waals surface area contributed by atoms with Crippen LogP contribution in [0.2, 0.25) is 0 Å². The van der Waals surface area contributed by atoms with Gasteiger partial charge in [-0.1, -0.05) is 77.8 Å². The van der Waals surface area contributed by atoms with Crippen molar-refractivity contribution in [1.29, 1.82) is 0 Å². The molecule has 2 unspecified atom stereocenters. The molecule has 0 bridgehead atoms. The van der Waals surface area contributed by atoms with Crippen molar-refractivity contribution in [3.8, 4) is 0 Å². The van der Waals surface area contributed by atoms with Crippen molar-refractivity contribution in [1.82, 2.24) is 25.4 Å². The molecule has 13 heteroatoms. The molecule has 290 valence electrons. The minimum absolute atomic E-state index is 0.0495. The number of hydrogen-bond acceptors (Lipinski definition) is 10. The number of aliphatic hydroxyl groups excluding tert-OH is 1. The van der Waals surface area contributed by atoms with Gasteiger partial charge in [0.25, 0.3) is 5.91 Å². The summed E-state index contributed by atoms with van der Waals surface area (Å²) in [6.45, 7) is 11.2. The summed E-state index contributed by atoms with van der Waals surface area (Å²) in [7, 11) is 4.88. The number of ether oxygens (including phenoxy) is 2. The number of methoxy groups -OCH3 is 2. The van der Waals surface area contributed by atoms with Crippen LogP contribution in [0.1, 0.15) is 100 Å². The van der Waals surface area contributed by atoms with Gasteiger partial charge in [0.15, 0.2) is 0 Å². The van der Waals surface area contributed by atoms with E-state index < -0.39 is 30.0 Å². The summed E-state index contributed by atoms with van der Waals surface area (Å²) in [6.07, 6.45) is 3.50. The zero-order valence-corrected chi connectivity index (χ0v) is 33.1. The smallest absolute Gasteiger partial charge is 0.308 e. The molecule has 3 rings (SSSR count).